The molecule has 0 aliphatic carbocycles. The van der Waals surface area contributed by atoms with Gasteiger partial charge in [0, 0.05) is 34.8 Å². The van der Waals surface area contributed by atoms with Crippen LogP contribution in [0.1, 0.15) is 52.9 Å². The predicted molar refractivity (Wildman–Crippen MR) is 150 cm³/mol. The first-order valence-electron chi connectivity index (χ1n) is 12.1. The van der Waals surface area contributed by atoms with Crippen molar-refractivity contribution in [3.63, 3.8) is 0 Å². The number of carbonyl (C=O) groups is 1. The Balaban J connectivity index is 2.11. The first-order valence-corrected chi connectivity index (χ1v) is 14.0. The molecule has 0 radical (unpaired) electrons. The molecule has 2 aromatic heterocycles. The van der Waals surface area contributed by atoms with E-state index in [1.807, 2.05) is 27.7 Å². The molecule has 38 heavy (non-hydrogen) atoms. The fourth-order valence-electron chi connectivity index (χ4n) is 3.50. The third-order valence-electron chi connectivity index (χ3n) is 5.76. The van der Waals surface area contributed by atoms with Crippen LogP contribution in [-0.2, 0) is 15.4 Å². The van der Waals surface area contributed by atoms with E-state index in [2.05, 4.69) is 30.3 Å². The number of benzene rings is 1. The molecule has 1 unspecified atom stereocenters. The molecule has 0 saturated carbocycles. The summed E-state index contributed by atoms with van der Waals surface area (Å²) < 4.78 is 27.9. The van der Waals surface area contributed by atoms with Crippen molar-refractivity contribution in [2.24, 2.45) is 0 Å². The Morgan fingerprint density at radius 3 is 2.47 bits per heavy atom. The summed E-state index contributed by atoms with van der Waals surface area (Å²) in [5.41, 5.74) is 3.07. The van der Waals surface area contributed by atoms with Gasteiger partial charge in [-0.15, -0.1) is 0 Å². The molecule has 0 saturated heterocycles. The van der Waals surface area contributed by atoms with Crippen molar-refractivity contribution in [3.05, 3.63) is 40.8 Å². The van der Waals surface area contributed by atoms with Crippen LogP contribution in [0.15, 0.2) is 24.4 Å². The van der Waals surface area contributed by atoms with Gasteiger partial charge in [0.1, 0.15) is 5.82 Å². The second-order valence-corrected chi connectivity index (χ2v) is 13.1. The number of rotatable bonds is 9. The monoisotopic (exact) mass is 563 g/mol. The normalized spacial score (nSPS) is 12.9. The molecule has 0 spiro atoms. The van der Waals surface area contributed by atoms with Crippen LogP contribution < -0.4 is 15.4 Å². The molecule has 0 aliphatic rings. The average Bonchev–Trinajstić information content (AvgIpc) is 3.25. The minimum absolute atomic E-state index is 0.283. The smallest absolute Gasteiger partial charge is 0.404 e. The zero-order valence-electron chi connectivity index (χ0n) is 22.5. The van der Waals surface area contributed by atoms with E-state index in [9.17, 15) is 13.2 Å². The summed E-state index contributed by atoms with van der Waals surface area (Å²) in [4.78, 5) is 28.0. The van der Waals surface area contributed by atoms with Crippen LogP contribution in [0.25, 0.3) is 22.6 Å². The number of sulfonamides is 1. The van der Waals surface area contributed by atoms with E-state index in [0.717, 1.165) is 0 Å². The molecule has 11 nitrogen and oxygen atoms in total. The van der Waals surface area contributed by atoms with E-state index in [0.29, 0.717) is 50.7 Å². The quantitative estimate of drug-likeness (QED) is 0.242. The molecule has 0 bridgehead atoms. The van der Waals surface area contributed by atoms with Gasteiger partial charge >= 0.3 is 6.09 Å². The fourth-order valence-corrected chi connectivity index (χ4v) is 4.47. The van der Waals surface area contributed by atoms with Crippen LogP contribution in [0, 0.1) is 6.92 Å². The molecule has 0 fully saturated rings. The second kappa shape index (κ2) is 11.2. The largest absolute Gasteiger partial charge is 0.465 e. The maximum absolute atomic E-state index is 12.6. The number of hydrogen-bond donors (Lipinski definition) is 5. The van der Waals surface area contributed by atoms with Crippen molar-refractivity contribution >= 4 is 39.4 Å². The van der Waals surface area contributed by atoms with Gasteiger partial charge in [0.05, 0.1) is 28.0 Å². The van der Waals surface area contributed by atoms with Gasteiger partial charge in [0.15, 0.2) is 0 Å². The van der Waals surface area contributed by atoms with Gasteiger partial charge in [-0.3, -0.25) is 4.72 Å². The van der Waals surface area contributed by atoms with Crippen LogP contribution in [0.5, 0.6) is 0 Å². The number of nitrogens with zero attached hydrogens (tertiary/aromatic N) is 3. The maximum atomic E-state index is 12.6. The molecule has 1 aromatic carbocycles. The number of halogens is 1. The molecular weight excluding hydrogens is 530 g/mol. The van der Waals surface area contributed by atoms with Crippen LogP contribution in [0.2, 0.25) is 5.02 Å². The Morgan fingerprint density at radius 1 is 1.18 bits per heavy atom. The molecule has 206 valence electrons. The molecule has 5 N–H and O–H groups in total. The topological polar surface area (TPSA) is 162 Å². The first-order chi connectivity index (χ1) is 17.6. The van der Waals surface area contributed by atoms with Gasteiger partial charge in [-0.05, 0) is 51.5 Å². The molecule has 13 heteroatoms. The van der Waals surface area contributed by atoms with E-state index in [1.165, 1.54) is 0 Å². The third-order valence-corrected chi connectivity index (χ3v) is 7.73. The maximum Gasteiger partial charge on any atom is 0.404 e. The Labute approximate surface area is 227 Å². The third kappa shape index (κ3) is 6.93. The standard InChI is InChI=1S/C25H34ClN7O4S/c1-13(2)38(36,37)33-19-11-16(26)10-17(15(19)4)20-21(32-22(31-20)25(5,6)7)18-8-9-27-23(30-18)28-12-14(3)29-24(34)35/h8-11,13-14,29,33H,12H2,1-7H3,(H,31,32)(H,34,35)(H,27,28,30). The second-order valence-electron chi connectivity index (χ2n) is 10.4. The van der Waals surface area contributed by atoms with Crippen LogP contribution in [0.4, 0.5) is 16.4 Å². The number of amides is 1. The Morgan fingerprint density at radius 2 is 1.87 bits per heavy atom. The minimum atomic E-state index is -3.60. The van der Waals surface area contributed by atoms with Crippen LogP contribution >= 0.6 is 11.6 Å². The number of aromatic nitrogens is 4. The van der Waals surface area contributed by atoms with Crippen LogP contribution in [-0.4, -0.2) is 57.4 Å². The zero-order chi connectivity index (χ0) is 28.4. The highest BCUT2D eigenvalue weighted by molar-refractivity contribution is 7.93. The average molecular weight is 564 g/mol. The molecule has 0 aliphatic heterocycles. The lowest BCUT2D eigenvalue weighted by Gasteiger charge is -2.16. The van der Waals surface area contributed by atoms with Crippen molar-refractivity contribution in [1.29, 1.82) is 0 Å². The number of anilines is 2. The van der Waals surface area contributed by atoms with Crippen molar-refractivity contribution in [2.75, 3.05) is 16.6 Å². The van der Waals surface area contributed by atoms with E-state index in [4.69, 9.17) is 21.7 Å². The van der Waals surface area contributed by atoms with Crippen molar-refractivity contribution in [1.82, 2.24) is 25.3 Å². The minimum Gasteiger partial charge on any atom is -0.465 e. The van der Waals surface area contributed by atoms with E-state index in [-0.39, 0.29) is 18.0 Å². The summed E-state index contributed by atoms with van der Waals surface area (Å²) in [6, 6.07) is 4.69. The number of imidazole rings is 1. The number of carboxylic acid groups (broad SMARTS) is 1. The summed E-state index contributed by atoms with van der Waals surface area (Å²) in [6.45, 7) is 13.1. The number of H-pyrrole nitrogens is 1. The summed E-state index contributed by atoms with van der Waals surface area (Å²) in [6.07, 6.45) is 0.478. The highest BCUT2D eigenvalue weighted by atomic mass is 35.5. The Hall–Kier alpha value is -3.38. The van der Waals surface area contributed by atoms with E-state index < -0.39 is 21.4 Å². The molecule has 2 heterocycles. The number of nitrogens with one attached hydrogen (secondary N) is 4. The summed E-state index contributed by atoms with van der Waals surface area (Å²) in [5.74, 6) is 1.02. The van der Waals surface area contributed by atoms with Crippen LogP contribution in [0.3, 0.4) is 0 Å². The molecule has 1 amide bonds. The molecule has 3 aromatic rings. The van der Waals surface area contributed by atoms with Gasteiger partial charge < -0.3 is 20.7 Å². The lowest BCUT2D eigenvalue weighted by molar-refractivity contribution is 0.191. The molecule has 3 rings (SSSR count). The van der Waals surface area contributed by atoms with Crippen molar-refractivity contribution < 1.29 is 18.3 Å². The summed E-state index contributed by atoms with van der Waals surface area (Å²) >= 11 is 6.45. The number of hydrogen-bond acceptors (Lipinski definition) is 7. The zero-order valence-corrected chi connectivity index (χ0v) is 24.0. The van der Waals surface area contributed by atoms with Gasteiger partial charge in [-0.1, -0.05) is 32.4 Å². The van der Waals surface area contributed by atoms with Gasteiger partial charge in [0.2, 0.25) is 16.0 Å². The van der Waals surface area contributed by atoms with E-state index in [1.54, 1.807) is 45.2 Å². The molecular formula is C25H34ClN7O4S. The van der Waals surface area contributed by atoms with E-state index >= 15 is 0 Å². The van der Waals surface area contributed by atoms with Crippen molar-refractivity contribution in [3.8, 4) is 22.6 Å². The lowest BCUT2D eigenvalue weighted by Crippen LogP contribution is -2.36. The van der Waals surface area contributed by atoms with Gasteiger partial charge in [0.25, 0.3) is 0 Å². The Kier molecular flexibility index (Phi) is 8.57. The fraction of sp³-hybridized carbons (Fsp3) is 0.440. The molecule has 1 atom stereocenters. The Bertz CT molecular complexity index is 1430. The summed E-state index contributed by atoms with van der Waals surface area (Å²) in [7, 11) is -3.60. The first kappa shape index (κ1) is 29.2. The highest BCUT2D eigenvalue weighted by Crippen LogP contribution is 2.38. The summed E-state index contributed by atoms with van der Waals surface area (Å²) in [5, 5.41) is 14.0. The van der Waals surface area contributed by atoms with Gasteiger partial charge in [-0.2, -0.15) is 0 Å². The van der Waals surface area contributed by atoms with Gasteiger partial charge in [-0.25, -0.2) is 28.2 Å². The van der Waals surface area contributed by atoms with Crippen molar-refractivity contribution in [2.45, 2.75) is 65.2 Å². The predicted octanol–water partition coefficient (Wildman–Crippen LogP) is 5.01. The SMILES string of the molecule is Cc1c(NS(=O)(=O)C(C)C)cc(Cl)cc1-c1nc(C(C)(C)C)[nH]c1-c1ccnc(NCC(C)NC(=O)O)n1. The lowest BCUT2D eigenvalue weighted by atomic mass is 9.96. The highest BCUT2D eigenvalue weighted by Gasteiger charge is 2.26. The number of aromatic amines is 1.